The molecule has 1 aromatic heterocycles. The van der Waals surface area contributed by atoms with Gasteiger partial charge in [0.05, 0.1) is 10.9 Å². The molecule has 6 nitrogen and oxygen atoms in total. The van der Waals surface area contributed by atoms with Crippen LogP contribution >= 0.6 is 11.8 Å². The Bertz CT molecular complexity index is 1000. The van der Waals surface area contributed by atoms with Gasteiger partial charge >= 0.3 is 0 Å². The Morgan fingerprint density at radius 1 is 1.17 bits per heavy atom. The molecule has 1 aliphatic heterocycles. The zero-order valence-corrected chi connectivity index (χ0v) is 17.2. The number of benzene rings is 2. The summed E-state index contributed by atoms with van der Waals surface area (Å²) in [6.07, 6.45) is 0.765. The largest absolute Gasteiger partial charge is 0.486 e. The molecule has 0 saturated heterocycles. The predicted molar refractivity (Wildman–Crippen MR) is 114 cm³/mol. The minimum Gasteiger partial charge on any atom is -0.486 e. The molecule has 4 rings (SSSR count). The van der Waals surface area contributed by atoms with Crippen LogP contribution in [-0.2, 0) is 11.2 Å². The van der Waals surface area contributed by atoms with E-state index in [0.29, 0.717) is 30.4 Å². The molecule has 2 heterocycles. The zero-order valence-electron chi connectivity index (χ0n) is 16.4. The van der Waals surface area contributed by atoms with Gasteiger partial charge < -0.3 is 19.8 Å². The molecule has 0 saturated carbocycles. The second-order valence-corrected chi connectivity index (χ2v) is 8.21. The number of nitrogens with one attached hydrogen (secondary N) is 2. The molecule has 0 fully saturated rings. The van der Waals surface area contributed by atoms with E-state index < -0.39 is 0 Å². The number of anilines is 1. The van der Waals surface area contributed by atoms with Crippen molar-refractivity contribution < 1.29 is 14.3 Å². The first-order valence-corrected chi connectivity index (χ1v) is 10.4. The number of H-pyrrole nitrogens is 1. The smallest absolute Gasteiger partial charge is 0.237 e. The van der Waals surface area contributed by atoms with Crippen molar-refractivity contribution in [3.63, 3.8) is 0 Å². The molecule has 2 N–H and O–H groups in total. The molecule has 0 radical (unpaired) electrons. The number of ether oxygens (including phenoxy) is 2. The maximum absolute atomic E-state index is 12.6. The summed E-state index contributed by atoms with van der Waals surface area (Å²) in [5.41, 5.74) is 3.92. The lowest BCUT2D eigenvalue weighted by molar-refractivity contribution is -0.115. The van der Waals surface area contributed by atoms with Crippen LogP contribution in [0.4, 0.5) is 5.69 Å². The van der Waals surface area contributed by atoms with Crippen molar-refractivity contribution in [1.82, 2.24) is 9.97 Å². The summed E-state index contributed by atoms with van der Waals surface area (Å²) >= 11 is 1.41. The number of carbonyl (C=O) groups is 1. The number of aromatic amines is 1. The summed E-state index contributed by atoms with van der Waals surface area (Å²) in [6.45, 7) is 4.93. The maximum atomic E-state index is 12.6. The normalized spacial score (nSPS) is 13.7. The van der Waals surface area contributed by atoms with Crippen molar-refractivity contribution in [2.75, 3.05) is 18.5 Å². The Labute approximate surface area is 174 Å². The quantitative estimate of drug-likeness (QED) is 0.597. The van der Waals surface area contributed by atoms with Crippen molar-refractivity contribution in [3.05, 3.63) is 65.5 Å². The van der Waals surface area contributed by atoms with E-state index in [2.05, 4.69) is 27.4 Å². The number of imidazole rings is 1. The van der Waals surface area contributed by atoms with Crippen LogP contribution in [0.3, 0.4) is 0 Å². The molecule has 0 bridgehead atoms. The van der Waals surface area contributed by atoms with Crippen LogP contribution in [0.25, 0.3) is 0 Å². The molecule has 7 heteroatoms. The maximum Gasteiger partial charge on any atom is 0.237 e. The van der Waals surface area contributed by atoms with Gasteiger partial charge in [0, 0.05) is 23.9 Å². The predicted octanol–water partition coefficient (Wildman–Crippen LogP) is 4.20. The highest BCUT2D eigenvalue weighted by Gasteiger charge is 2.19. The van der Waals surface area contributed by atoms with Gasteiger partial charge in [-0.05, 0) is 31.5 Å². The summed E-state index contributed by atoms with van der Waals surface area (Å²) in [5.74, 6) is 1.26. The van der Waals surface area contributed by atoms with Crippen LogP contribution in [0, 0.1) is 6.92 Å². The lowest BCUT2D eigenvalue weighted by atomic mass is 10.1. The van der Waals surface area contributed by atoms with Gasteiger partial charge in [0.2, 0.25) is 5.91 Å². The van der Waals surface area contributed by atoms with Gasteiger partial charge in [0.1, 0.15) is 13.2 Å². The average Bonchev–Trinajstić information content (AvgIpc) is 3.07. The monoisotopic (exact) mass is 409 g/mol. The van der Waals surface area contributed by atoms with Gasteiger partial charge in [-0.1, -0.05) is 42.1 Å². The second-order valence-electron chi connectivity index (χ2n) is 6.88. The molecule has 1 amide bonds. The fourth-order valence-electron chi connectivity index (χ4n) is 3.07. The van der Waals surface area contributed by atoms with E-state index in [9.17, 15) is 4.79 Å². The molecule has 1 aliphatic rings. The van der Waals surface area contributed by atoms with Crippen LogP contribution in [0.15, 0.2) is 53.7 Å². The number of nitrogens with zero attached hydrogens (tertiary/aromatic N) is 1. The van der Waals surface area contributed by atoms with Gasteiger partial charge in [-0.2, -0.15) is 0 Å². The standard InChI is InChI=1S/C22H23N3O3S/c1-14-18(12-16-6-4-3-5-7-16)25-22(23-14)29-15(2)21(26)24-17-8-9-19-20(13-17)28-11-10-27-19/h3-9,13,15H,10-12H2,1-2H3,(H,23,25)(H,24,26). The summed E-state index contributed by atoms with van der Waals surface area (Å²) in [4.78, 5) is 20.6. The Morgan fingerprint density at radius 2 is 1.93 bits per heavy atom. The van der Waals surface area contributed by atoms with Crippen molar-refractivity contribution in [3.8, 4) is 11.5 Å². The molecule has 0 spiro atoms. The van der Waals surface area contributed by atoms with Gasteiger partial charge in [-0.3, -0.25) is 4.79 Å². The van der Waals surface area contributed by atoms with E-state index in [1.54, 1.807) is 6.07 Å². The van der Waals surface area contributed by atoms with Crippen molar-refractivity contribution in [2.45, 2.75) is 30.7 Å². The van der Waals surface area contributed by atoms with Crippen LogP contribution in [-0.4, -0.2) is 34.3 Å². The highest BCUT2D eigenvalue weighted by molar-refractivity contribution is 8.00. The lowest BCUT2D eigenvalue weighted by Gasteiger charge is -2.19. The zero-order chi connectivity index (χ0) is 20.2. The van der Waals surface area contributed by atoms with Crippen molar-refractivity contribution >= 4 is 23.4 Å². The molecule has 0 aliphatic carbocycles. The molecule has 3 aromatic rings. The number of hydrogen-bond acceptors (Lipinski definition) is 5. The van der Waals surface area contributed by atoms with Crippen molar-refractivity contribution in [1.29, 1.82) is 0 Å². The highest BCUT2D eigenvalue weighted by atomic mass is 32.2. The van der Waals surface area contributed by atoms with Gasteiger partial charge in [-0.15, -0.1) is 0 Å². The Balaban J connectivity index is 1.38. The summed E-state index contributed by atoms with van der Waals surface area (Å²) < 4.78 is 11.1. The number of hydrogen-bond donors (Lipinski definition) is 2. The Morgan fingerprint density at radius 3 is 2.72 bits per heavy atom. The molecule has 1 atom stereocenters. The van der Waals surface area contributed by atoms with Crippen LogP contribution < -0.4 is 14.8 Å². The number of carbonyl (C=O) groups excluding carboxylic acids is 1. The van der Waals surface area contributed by atoms with Crippen LogP contribution in [0.5, 0.6) is 11.5 Å². The molecular weight excluding hydrogens is 386 g/mol. The Kier molecular flexibility index (Phi) is 5.76. The van der Waals surface area contributed by atoms with E-state index in [4.69, 9.17) is 9.47 Å². The SMILES string of the molecule is Cc1[nH]c(SC(C)C(=O)Nc2ccc3c(c2)OCCO3)nc1Cc1ccccc1. The first kappa shape index (κ1) is 19.4. The number of aromatic nitrogens is 2. The third-order valence-corrected chi connectivity index (χ3v) is 5.63. The minimum absolute atomic E-state index is 0.0923. The fraction of sp³-hybridized carbons (Fsp3) is 0.273. The number of fused-ring (bicyclic) bond motifs is 1. The highest BCUT2D eigenvalue weighted by Crippen LogP contribution is 2.33. The second kappa shape index (κ2) is 8.61. The third-order valence-electron chi connectivity index (χ3n) is 4.65. The third kappa shape index (κ3) is 4.74. The van der Waals surface area contributed by atoms with E-state index in [1.165, 1.54) is 17.3 Å². The van der Waals surface area contributed by atoms with E-state index in [0.717, 1.165) is 23.0 Å². The van der Waals surface area contributed by atoms with Crippen molar-refractivity contribution in [2.24, 2.45) is 0 Å². The first-order valence-electron chi connectivity index (χ1n) is 9.55. The lowest BCUT2D eigenvalue weighted by Crippen LogP contribution is -2.23. The average molecular weight is 410 g/mol. The Hall–Kier alpha value is -2.93. The van der Waals surface area contributed by atoms with E-state index in [-0.39, 0.29) is 11.2 Å². The van der Waals surface area contributed by atoms with Crippen LogP contribution in [0.2, 0.25) is 0 Å². The van der Waals surface area contributed by atoms with E-state index >= 15 is 0 Å². The topological polar surface area (TPSA) is 76.2 Å². The van der Waals surface area contributed by atoms with Crippen LogP contribution in [0.1, 0.15) is 23.9 Å². The number of thioether (sulfide) groups is 1. The first-order chi connectivity index (χ1) is 14.1. The molecule has 2 aromatic carbocycles. The fourth-order valence-corrected chi connectivity index (χ4v) is 3.95. The van der Waals surface area contributed by atoms with Gasteiger partial charge in [-0.25, -0.2) is 4.98 Å². The van der Waals surface area contributed by atoms with Gasteiger partial charge in [0.15, 0.2) is 16.7 Å². The number of aryl methyl sites for hydroxylation is 1. The molecule has 29 heavy (non-hydrogen) atoms. The molecule has 150 valence electrons. The molecular formula is C22H23N3O3S. The number of amides is 1. The number of rotatable bonds is 6. The van der Waals surface area contributed by atoms with E-state index in [1.807, 2.05) is 44.2 Å². The summed E-state index contributed by atoms with van der Waals surface area (Å²) in [5, 5.41) is 3.38. The molecule has 1 unspecified atom stereocenters. The summed E-state index contributed by atoms with van der Waals surface area (Å²) in [6, 6.07) is 15.7. The van der Waals surface area contributed by atoms with Gasteiger partial charge in [0.25, 0.3) is 0 Å². The minimum atomic E-state index is -0.307. The summed E-state index contributed by atoms with van der Waals surface area (Å²) in [7, 11) is 0.